The molecule has 2 aromatic rings. The largest absolute Gasteiger partial charge is 0.495 e. The minimum atomic E-state index is -1.02. The Morgan fingerprint density at radius 3 is 2.38 bits per heavy atom. The molecule has 0 heterocycles. The second-order valence-electron chi connectivity index (χ2n) is 4.27. The minimum Gasteiger partial charge on any atom is -0.495 e. The normalized spacial score (nSPS) is 12.1. The molecule has 0 aliphatic heterocycles. The Labute approximate surface area is 135 Å². The van der Waals surface area contributed by atoms with E-state index < -0.39 is 11.9 Å². The molecular formula is C15H13BrClFO3. The maximum atomic E-state index is 13.1. The molecule has 0 saturated carbocycles. The van der Waals surface area contributed by atoms with Gasteiger partial charge in [0, 0.05) is 10.0 Å². The van der Waals surface area contributed by atoms with E-state index >= 15 is 0 Å². The van der Waals surface area contributed by atoms with Gasteiger partial charge >= 0.3 is 0 Å². The van der Waals surface area contributed by atoms with Crippen molar-refractivity contribution in [2.75, 3.05) is 14.2 Å². The highest BCUT2D eigenvalue weighted by Crippen LogP contribution is 2.42. The summed E-state index contributed by atoms with van der Waals surface area (Å²) in [4.78, 5) is 0. The molecule has 6 heteroatoms. The van der Waals surface area contributed by atoms with Gasteiger partial charge in [0.2, 0.25) is 0 Å². The van der Waals surface area contributed by atoms with E-state index in [1.54, 1.807) is 12.1 Å². The van der Waals surface area contributed by atoms with Gasteiger partial charge in [-0.05, 0) is 29.8 Å². The first kappa shape index (κ1) is 16.1. The molecule has 0 aliphatic rings. The van der Waals surface area contributed by atoms with Crippen LogP contribution in [0.2, 0.25) is 5.02 Å². The number of benzene rings is 2. The van der Waals surface area contributed by atoms with Crippen molar-refractivity contribution in [3.8, 4) is 11.5 Å². The van der Waals surface area contributed by atoms with Crippen LogP contribution in [0.15, 0.2) is 34.8 Å². The summed E-state index contributed by atoms with van der Waals surface area (Å²) in [5, 5.41) is 10.8. The van der Waals surface area contributed by atoms with Crippen molar-refractivity contribution in [2.45, 2.75) is 6.10 Å². The zero-order valence-electron chi connectivity index (χ0n) is 11.4. The van der Waals surface area contributed by atoms with Crippen molar-refractivity contribution in [3.63, 3.8) is 0 Å². The van der Waals surface area contributed by atoms with E-state index in [1.165, 1.54) is 32.4 Å². The standard InChI is InChI=1S/C15H13BrClFO3/c1-20-12-6-5-10(15(21-2)13(12)17)14(19)9-4-3-8(18)7-11(9)16/h3-7,14,19H,1-2H3. The van der Waals surface area contributed by atoms with Gasteiger partial charge in [-0.25, -0.2) is 4.39 Å². The molecule has 112 valence electrons. The predicted molar refractivity (Wildman–Crippen MR) is 82.7 cm³/mol. The van der Waals surface area contributed by atoms with E-state index in [0.29, 0.717) is 27.1 Å². The van der Waals surface area contributed by atoms with Crippen LogP contribution in [0.5, 0.6) is 11.5 Å². The Kier molecular flexibility index (Phi) is 5.08. The number of halogens is 3. The van der Waals surface area contributed by atoms with Gasteiger partial charge in [0.1, 0.15) is 28.4 Å². The van der Waals surface area contributed by atoms with Gasteiger partial charge in [-0.1, -0.05) is 33.6 Å². The Morgan fingerprint density at radius 1 is 1.14 bits per heavy atom. The van der Waals surface area contributed by atoms with E-state index in [4.69, 9.17) is 21.1 Å². The summed E-state index contributed by atoms with van der Waals surface area (Å²) in [7, 11) is 2.95. The van der Waals surface area contributed by atoms with Crippen LogP contribution in [-0.4, -0.2) is 19.3 Å². The third kappa shape index (κ3) is 3.15. The molecule has 2 rings (SSSR count). The average molecular weight is 376 g/mol. The van der Waals surface area contributed by atoms with Gasteiger partial charge in [0.25, 0.3) is 0 Å². The molecule has 1 unspecified atom stereocenters. The van der Waals surface area contributed by atoms with E-state index in [9.17, 15) is 9.50 Å². The Bertz CT molecular complexity index is 664. The molecule has 0 fully saturated rings. The average Bonchev–Trinajstić information content (AvgIpc) is 2.46. The van der Waals surface area contributed by atoms with Crippen molar-refractivity contribution in [2.24, 2.45) is 0 Å². The van der Waals surface area contributed by atoms with Gasteiger partial charge in [0.15, 0.2) is 0 Å². The zero-order valence-corrected chi connectivity index (χ0v) is 13.7. The van der Waals surface area contributed by atoms with Crippen molar-refractivity contribution < 1.29 is 19.0 Å². The Morgan fingerprint density at radius 2 is 1.81 bits per heavy atom. The molecule has 3 nitrogen and oxygen atoms in total. The summed E-state index contributed by atoms with van der Waals surface area (Å²) in [6.07, 6.45) is -1.02. The van der Waals surface area contributed by atoms with Gasteiger partial charge < -0.3 is 14.6 Å². The van der Waals surface area contributed by atoms with Crippen molar-refractivity contribution in [1.82, 2.24) is 0 Å². The van der Waals surface area contributed by atoms with Crippen molar-refractivity contribution in [3.05, 3.63) is 56.8 Å². The van der Waals surface area contributed by atoms with E-state index in [0.717, 1.165) is 0 Å². The molecular weight excluding hydrogens is 363 g/mol. The van der Waals surface area contributed by atoms with Crippen LogP contribution in [0.25, 0.3) is 0 Å². The highest BCUT2D eigenvalue weighted by molar-refractivity contribution is 9.10. The fourth-order valence-corrected chi connectivity index (χ4v) is 2.92. The second kappa shape index (κ2) is 6.64. The SMILES string of the molecule is COc1ccc(C(O)c2ccc(F)cc2Br)c(OC)c1Cl. The van der Waals surface area contributed by atoms with Crippen molar-refractivity contribution >= 4 is 27.5 Å². The molecule has 1 atom stereocenters. The van der Waals surface area contributed by atoms with Gasteiger partial charge in [-0.3, -0.25) is 0 Å². The fraction of sp³-hybridized carbons (Fsp3) is 0.200. The molecule has 0 saturated heterocycles. The predicted octanol–water partition coefficient (Wildman–Crippen LogP) is 4.34. The van der Waals surface area contributed by atoms with Crippen molar-refractivity contribution in [1.29, 1.82) is 0 Å². The number of hydrogen-bond donors (Lipinski definition) is 1. The molecule has 21 heavy (non-hydrogen) atoms. The lowest BCUT2D eigenvalue weighted by Crippen LogP contribution is -2.04. The minimum absolute atomic E-state index is 0.273. The number of aliphatic hydroxyl groups excluding tert-OH is 1. The van der Waals surface area contributed by atoms with Crippen LogP contribution in [0.4, 0.5) is 4.39 Å². The van der Waals surface area contributed by atoms with Gasteiger partial charge in [-0.2, -0.15) is 0 Å². The van der Waals surface area contributed by atoms with Crippen LogP contribution in [0.3, 0.4) is 0 Å². The van der Waals surface area contributed by atoms with Crippen LogP contribution in [0.1, 0.15) is 17.2 Å². The first-order valence-electron chi connectivity index (χ1n) is 6.03. The molecule has 0 aromatic heterocycles. The van der Waals surface area contributed by atoms with E-state index in [2.05, 4.69) is 15.9 Å². The first-order chi connectivity index (χ1) is 9.99. The summed E-state index contributed by atoms with van der Waals surface area (Å²) in [5.74, 6) is 0.375. The Balaban J connectivity index is 2.52. The summed E-state index contributed by atoms with van der Waals surface area (Å²) >= 11 is 9.42. The molecule has 0 bridgehead atoms. The second-order valence-corrected chi connectivity index (χ2v) is 5.50. The monoisotopic (exact) mass is 374 g/mol. The van der Waals surface area contributed by atoms with Gasteiger partial charge in [-0.15, -0.1) is 0 Å². The van der Waals surface area contributed by atoms with Crippen LogP contribution >= 0.6 is 27.5 Å². The summed E-state index contributed by atoms with van der Waals surface area (Å²) in [5.41, 5.74) is 0.978. The molecule has 0 aliphatic carbocycles. The van der Waals surface area contributed by atoms with E-state index in [1.807, 2.05) is 0 Å². The zero-order chi connectivity index (χ0) is 15.6. The number of methoxy groups -OCH3 is 2. The maximum Gasteiger partial charge on any atom is 0.147 e. The number of aliphatic hydroxyl groups is 1. The molecule has 0 spiro atoms. The lowest BCUT2D eigenvalue weighted by Gasteiger charge is -2.18. The number of rotatable bonds is 4. The smallest absolute Gasteiger partial charge is 0.147 e. The molecule has 2 aromatic carbocycles. The van der Waals surface area contributed by atoms with Crippen LogP contribution in [-0.2, 0) is 0 Å². The molecule has 0 amide bonds. The Hall–Kier alpha value is -1.30. The third-order valence-electron chi connectivity index (χ3n) is 3.07. The number of ether oxygens (including phenoxy) is 2. The summed E-state index contributed by atoms with van der Waals surface area (Å²) in [6, 6.07) is 7.36. The third-order valence-corrected chi connectivity index (χ3v) is 4.11. The molecule has 0 radical (unpaired) electrons. The lowest BCUT2D eigenvalue weighted by molar-refractivity contribution is 0.213. The maximum absolute atomic E-state index is 13.1. The van der Waals surface area contributed by atoms with Crippen LogP contribution < -0.4 is 9.47 Å². The topological polar surface area (TPSA) is 38.7 Å². The lowest BCUT2D eigenvalue weighted by atomic mass is 10.0. The van der Waals surface area contributed by atoms with Gasteiger partial charge in [0.05, 0.1) is 14.2 Å². The highest BCUT2D eigenvalue weighted by Gasteiger charge is 2.22. The first-order valence-corrected chi connectivity index (χ1v) is 7.20. The highest BCUT2D eigenvalue weighted by atomic mass is 79.9. The van der Waals surface area contributed by atoms with Crippen LogP contribution in [0, 0.1) is 5.82 Å². The quantitative estimate of drug-likeness (QED) is 0.864. The molecule has 1 N–H and O–H groups in total. The number of hydrogen-bond acceptors (Lipinski definition) is 3. The summed E-state index contributed by atoms with van der Waals surface area (Å²) in [6.45, 7) is 0. The van der Waals surface area contributed by atoms with E-state index in [-0.39, 0.29) is 5.02 Å². The summed E-state index contributed by atoms with van der Waals surface area (Å²) < 4.78 is 24.0. The fourth-order valence-electron chi connectivity index (χ4n) is 2.02.